The Kier molecular flexibility index (Phi) is 3.49. The Balaban J connectivity index is 3.24. The van der Waals surface area contributed by atoms with Crippen molar-refractivity contribution in [2.45, 2.75) is 12.8 Å². The number of hydrogen-bond acceptors (Lipinski definition) is 3. The molecule has 0 aromatic carbocycles. The Morgan fingerprint density at radius 3 is 2.35 bits per heavy atom. The lowest BCUT2D eigenvalue weighted by Crippen LogP contribution is -2.13. The number of ether oxygens (including phenoxy) is 1. The Morgan fingerprint density at radius 1 is 1.35 bits per heavy atom. The molecule has 0 saturated carbocycles. The standard InChI is InChI=1S/C8H4F5NO3/c9-7(10)17-5-2-3(6(15)16)1-4(14-5)8(11,12)13/h1-2,7H,(H,15,16). The molecule has 17 heavy (non-hydrogen) atoms. The fourth-order valence-electron chi connectivity index (χ4n) is 0.926. The molecule has 0 spiro atoms. The number of rotatable bonds is 3. The number of pyridine rings is 1. The number of aromatic carboxylic acids is 1. The van der Waals surface area contributed by atoms with E-state index in [0.29, 0.717) is 6.07 Å². The summed E-state index contributed by atoms with van der Waals surface area (Å²) in [5, 5.41) is 8.50. The smallest absolute Gasteiger partial charge is 0.433 e. The van der Waals surface area contributed by atoms with Crippen LogP contribution in [0.5, 0.6) is 5.88 Å². The van der Waals surface area contributed by atoms with Gasteiger partial charge in [-0.05, 0) is 6.07 Å². The van der Waals surface area contributed by atoms with Gasteiger partial charge in [0.05, 0.1) is 5.56 Å². The number of hydrogen-bond donors (Lipinski definition) is 1. The van der Waals surface area contributed by atoms with Crippen LogP contribution in [0.25, 0.3) is 0 Å². The predicted octanol–water partition coefficient (Wildman–Crippen LogP) is 2.40. The quantitative estimate of drug-likeness (QED) is 0.844. The van der Waals surface area contributed by atoms with Gasteiger partial charge in [0.2, 0.25) is 5.88 Å². The molecule has 94 valence electrons. The molecule has 0 saturated heterocycles. The summed E-state index contributed by atoms with van der Waals surface area (Å²) in [5.74, 6) is -2.82. The fourth-order valence-corrected chi connectivity index (χ4v) is 0.926. The average Bonchev–Trinajstić information content (AvgIpc) is 2.14. The van der Waals surface area contributed by atoms with E-state index in [9.17, 15) is 26.7 Å². The first kappa shape index (κ1) is 13.1. The van der Waals surface area contributed by atoms with E-state index >= 15 is 0 Å². The van der Waals surface area contributed by atoms with E-state index in [4.69, 9.17) is 5.11 Å². The monoisotopic (exact) mass is 257 g/mol. The summed E-state index contributed by atoms with van der Waals surface area (Å²) in [6.07, 6.45) is -4.95. The van der Waals surface area contributed by atoms with E-state index in [-0.39, 0.29) is 6.07 Å². The molecule has 0 radical (unpaired) electrons. The highest BCUT2D eigenvalue weighted by Gasteiger charge is 2.34. The molecule has 0 aliphatic rings. The molecular weight excluding hydrogens is 253 g/mol. The van der Waals surface area contributed by atoms with Crippen LogP contribution in [0.15, 0.2) is 12.1 Å². The number of nitrogens with zero attached hydrogens (tertiary/aromatic N) is 1. The highest BCUT2D eigenvalue weighted by molar-refractivity contribution is 5.88. The zero-order valence-corrected chi connectivity index (χ0v) is 7.83. The average molecular weight is 257 g/mol. The molecule has 0 aliphatic carbocycles. The van der Waals surface area contributed by atoms with Crippen LogP contribution < -0.4 is 4.74 Å². The van der Waals surface area contributed by atoms with Crippen LogP contribution in [-0.2, 0) is 6.18 Å². The number of halogens is 5. The van der Waals surface area contributed by atoms with Crippen LogP contribution in [0.1, 0.15) is 16.1 Å². The molecule has 1 aromatic rings. The third-order valence-electron chi connectivity index (χ3n) is 1.55. The number of aromatic nitrogens is 1. The van der Waals surface area contributed by atoms with Crippen molar-refractivity contribution in [3.05, 3.63) is 23.4 Å². The molecule has 0 atom stereocenters. The van der Waals surface area contributed by atoms with E-state index < -0.39 is 35.9 Å². The second-order valence-corrected chi connectivity index (χ2v) is 2.76. The lowest BCUT2D eigenvalue weighted by Gasteiger charge is -2.09. The molecule has 1 N–H and O–H groups in total. The molecule has 0 fully saturated rings. The Morgan fingerprint density at radius 2 is 1.94 bits per heavy atom. The maximum absolute atomic E-state index is 12.3. The van der Waals surface area contributed by atoms with Gasteiger partial charge in [-0.3, -0.25) is 0 Å². The van der Waals surface area contributed by atoms with Crippen molar-refractivity contribution >= 4 is 5.97 Å². The van der Waals surface area contributed by atoms with Gasteiger partial charge in [-0.1, -0.05) is 0 Å². The van der Waals surface area contributed by atoms with Gasteiger partial charge in [-0.2, -0.15) is 22.0 Å². The zero-order chi connectivity index (χ0) is 13.2. The third-order valence-corrected chi connectivity index (χ3v) is 1.55. The summed E-state index contributed by atoms with van der Waals surface area (Å²) in [6.45, 7) is -3.40. The number of carboxylic acids is 1. The third kappa shape index (κ3) is 3.54. The summed E-state index contributed by atoms with van der Waals surface area (Å²) < 4.78 is 64.0. The van der Waals surface area contributed by atoms with Gasteiger partial charge < -0.3 is 9.84 Å². The van der Waals surface area contributed by atoms with E-state index in [2.05, 4.69) is 9.72 Å². The Hall–Kier alpha value is -1.93. The van der Waals surface area contributed by atoms with Crippen molar-refractivity contribution < 1.29 is 36.6 Å². The van der Waals surface area contributed by atoms with Crippen LogP contribution >= 0.6 is 0 Å². The van der Waals surface area contributed by atoms with Gasteiger partial charge in [0.25, 0.3) is 0 Å². The van der Waals surface area contributed by atoms with E-state index in [1.54, 1.807) is 0 Å². The maximum Gasteiger partial charge on any atom is 0.433 e. The minimum atomic E-state index is -4.95. The minimum Gasteiger partial charge on any atom is -0.478 e. The molecule has 0 unspecified atom stereocenters. The highest BCUT2D eigenvalue weighted by atomic mass is 19.4. The van der Waals surface area contributed by atoms with Crippen molar-refractivity contribution in [3.63, 3.8) is 0 Å². The molecule has 1 aromatic heterocycles. The second-order valence-electron chi connectivity index (χ2n) is 2.76. The van der Waals surface area contributed by atoms with Crippen LogP contribution in [0, 0.1) is 0 Å². The first-order chi connectivity index (χ1) is 7.70. The van der Waals surface area contributed by atoms with Gasteiger partial charge in [0, 0.05) is 6.07 Å². The summed E-state index contributed by atoms with van der Waals surface area (Å²) >= 11 is 0. The van der Waals surface area contributed by atoms with Crippen molar-refractivity contribution in [2.24, 2.45) is 0 Å². The van der Waals surface area contributed by atoms with Gasteiger partial charge >= 0.3 is 18.8 Å². The predicted molar refractivity (Wildman–Crippen MR) is 42.8 cm³/mol. The zero-order valence-electron chi connectivity index (χ0n) is 7.83. The number of carboxylic acid groups (broad SMARTS) is 1. The minimum absolute atomic E-state index is 0.223. The van der Waals surface area contributed by atoms with Crippen LogP contribution in [0.4, 0.5) is 22.0 Å². The normalized spacial score (nSPS) is 11.6. The van der Waals surface area contributed by atoms with Gasteiger partial charge in [0.15, 0.2) is 0 Å². The molecule has 0 bridgehead atoms. The summed E-state index contributed by atoms with van der Waals surface area (Å²) in [5.41, 5.74) is -2.46. The highest BCUT2D eigenvalue weighted by Crippen LogP contribution is 2.30. The molecule has 1 rings (SSSR count). The van der Waals surface area contributed by atoms with Crippen molar-refractivity contribution in [3.8, 4) is 5.88 Å². The lowest BCUT2D eigenvalue weighted by atomic mass is 10.2. The van der Waals surface area contributed by atoms with E-state index in [0.717, 1.165) is 0 Å². The van der Waals surface area contributed by atoms with Gasteiger partial charge in [0.1, 0.15) is 5.69 Å². The molecule has 4 nitrogen and oxygen atoms in total. The summed E-state index contributed by atoms with van der Waals surface area (Å²) in [7, 11) is 0. The lowest BCUT2D eigenvalue weighted by molar-refractivity contribution is -0.142. The molecular formula is C8H4F5NO3. The van der Waals surface area contributed by atoms with Gasteiger partial charge in [-0.25, -0.2) is 9.78 Å². The van der Waals surface area contributed by atoms with Crippen LogP contribution in [0.3, 0.4) is 0 Å². The van der Waals surface area contributed by atoms with Crippen molar-refractivity contribution in [2.75, 3.05) is 0 Å². The molecule has 9 heteroatoms. The topological polar surface area (TPSA) is 59.4 Å². The fraction of sp³-hybridized carbons (Fsp3) is 0.250. The van der Waals surface area contributed by atoms with Crippen molar-refractivity contribution in [1.82, 2.24) is 4.98 Å². The molecule has 0 aliphatic heterocycles. The first-order valence-electron chi connectivity index (χ1n) is 3.97. The van der Waals surface area contributed by atoms with E-state index in [1.807, 2.05) is 0 Å². The van der Waals surface area contributed by atoms with Crippen LogP contribution in [-0.4, -0.2) is 22.7 Å². The summed E-state index contributed by atoms with van der Waals surface area (Å²) in [4.78, 5) is 13.2. The first-order valence-corrected chi connectivity index (χ1v) is 3.97. The number of carbonyl (C=O) groups is 1. The Bertz CT molecular complexity index is 432. The van der Waals surface area contributed by atoms with E-state index in [1.165, 1.54) is 0 Å². The largest absolute Gasteiger partial charge is 0.478 e. The summed E-state index contributed by atoms with van der Waals surface area (Å²) in [6, 6.07) is 0.699. The second kappa shape index (κ2) is 4.52. The SMILES string of the molecule is O=C(O)c1cc(OC(F)F)nc(C(F)(F)F)c1. The van der Waals surface area contributed by atoms with Gasteiger partial charge in [-0.15, -0.1) is 0 Å². The number of alkyl halides is 5. The Labute approximate surface area is 90.6 Å². The molecule has 0 amide bonds. The molecule has 1 heterocycles. The maximum atomic E-state index is 12.3. The van der Waals surface area contributed by atoms with Crippen molar-refractivity contribution in [1.29, 1.82) is 0 Å². The van der Waals surface area contributed by atoms with Crippen LogP contribution in [0.2, 0.25) is 0 Å².